The average molecular weight is 355 g/mol. The maximum absolute atomic E-state index is 12.0. The third kappa shape index (κ3) is 3.99. The van der Waals surface area contributed by atoms with Crippen molar-refractivity contribution in [1.29, 1.82) is 0 Å². The smallest absolute Gasteiger partial charge is 0.228 e. The number of hydrogen-bond acceptors (Lipinski definition) is 2. The summed E-state index contributed by atoms with van der Waals surface area (Å²) < 4.78 is 5.87. The molecule has 0 heterocycles. The number of nitrogens with one attached hydrogen (secondary N) is 1. The van der Waals surface area contributed by atoms with Crippen LogP contribution >= 0.6 is 27.5 Å². The molecule has 0 aliphatic carbocycles. The van der Waals surface area contributed by atoms with Gasteiger partial charge in [0.2, 0.25) is 5.91 Å². The van der Waals surface area contributed by atoms with Crippen LogP contribution in [0.1, 0.15) is 5.56 Å². The molecule has 0 aliphatic heterocycles. The molecule has 1 N–H and O–H groups in total. The van der Waals surface area contributed by atoms with Crippen molar-refractivity contribution in [2.45, 2.75) is 6.42 Å². The Hall–Kier alpha value is -1.52. The minimum atomic E-state index is -0.0990. The van der Waals surface area contributed by atoms with E-state index >= 15 is 0 Å². The van der Waals surface area contributed by atoms with Crippen molar-refractivity contribution in [2.24, 2.45) is 0 Å². The number of halogens is 2. The van der Waals surface area contributed by atoms with Crippen molar-refractivity contribution < 1.29 is 9.53 Å². The fourth-order valence-corrected chi connectivity index (χ4v) is 2.23. The van der Waals surface area contributed by atoms with Crippen molar-refractivity contribution in [3.63, 3.8) is 0 Å². The minimum absolute atomic E-state index is 0.0990. The molecule has 2 rings (SSSR count). The van der Waals surface area contributed by atoms with Crippen molar-refractivity contribution >= 4 is 39.1 Å². The number of methoxy groups -OCH3 is 1. The van der Waals surface area contributed by atoms with Crippen molar-refractivity contribution in [1.82, 2.24) is 0 Å². The lowest BCUT2D eigenvalue weighted by Gasteiger charge is -2.08. The second-order valence-electron chi connectivity index (χ2n) is 4.20. The molecule has 0 unspecified atom stereocenters. The van der Waals surface area contributed by atoms with Gasteiger partial charge in [0, 0.05) is 9.50 Å². The maximum atomic E-state index is 12.0. The summed E-state index contributed by atoms with van der Waals surface area (Å²) in [6, 6.07) is 12.7. The SMILES string of the molecule is COc1ccc(CC(=O)Nc2cc(Cl)ccc2Br)cc1. The zero-order valence-electron chi connectivity index (χ0n) is 10.8. The summed E-state index contributed by atoms with van der Waals surface area (Å²) in [6.07, 6.45) is 0.295. The van der Waals surface area contributed by atoms with Gasteiger partial charge in [0.15, 0.2) is 0 Å². The lowest BCUT2D eigenvalue weighted by atomic mass is 10.1. The number of ether oxygens (including phenoxy) is 1. The van der Waals surface area contributed by atoms with Gasteiger partial charge in [-0.3, -0.25) is 4.79 Å². The number of benzene rings is 2. The minimum Gasteiger partial charge on any atom is -0.497 e. The lowest BCUT2D eigenvalue weighted by molar-refractivity contribution is -0.115. The number of hydrogen-bond donors (Lipinski definition) is 1. The Bertz CT molecular complexity index is 614. The summed E-state index contributed by atoms with van der Waals surface area (Å²) in [7, 11) is 1.61. The Balaban J connectivity index is 2.03. The molecule has 0 radical (unpaired) electrons. The number of carbonyl (C=O) groups is 1. The third-order valence-corrected chi connectivity index (χ3v) is 3.65. The zero-order chi connectivity index (χ0) is 14.5. The average Bonchev–Trinajstić information content (AvgIpc) is 2.43. The maximum Gasteiger partial charge on any atom is 0.228 e. The number of rotatable bonds is 4. The first-order chi connectivity index (χ1) is 9.58. The van der Waals surface area contributed by atoms with Crippen molar-refractivity contribution in [3.05, 3.63) is 57.5 Å². The molecule has 20 heavy (non-hydrogen) atoms. The standard InChI is InChI=1S/C15H13BrClNO2/c1-20-12-5-2-10(3-6-12)8-15(19)18-14-9-11(17)4-7-13(14)16/h2-7,9H,8H2,1H3,(H,18,19). The van der Waals surface area contributed by atoms with E-state index in [-0.39, 0.29) is 5.91 Å². The van der Waals surface area contributed by atoms with Gasteiger partial charge in [0.05, 0.1) is 19.2 Å². The van der Waals surface area contributed by atoms with E-state index in [9.17, 15) is 4.79 Å². The zero-order valence-corrected chi connectivity index (χ0v) is 13.2. The first-order valence-corrected chi connectivity index (χ1v) is 7.13. The van der Waals surface area contributed by atoms with E-state index in [2.05, 4.69) is 21.2 Å². The van der Waals surface area contributed by atoms with Crippen LogP contribution in [0, 0.1) is 0 Å². The Morgan fingerprint density at radius 2 is 1.95 bits per heavy atom. The van der Waals surface area contributed by atoms with E-state index in [1.807, 2.05) is 24.3 Å². The largest absolute Gasteiger partial charge is 0.497 e. The number of anilines is 1. The molecule has 104 valence electrons. The Morgan fingerprint density at radius 1 is 1.25 bits per heavy atom. The lowest BCUT2D eigenvalue weighted by Crippen LogP contribution is -2.14. The van der Waals surface area contributed by atoms with E-state index < -0.39 is 0 Å². The molecule has 5 heteroatoms. The molecule has 1 amide bonds. The van der Waals surface area contributed by atoms with Crippen LogP contribution in [0.5, 0.6) is 5.75 Å². The third-order valence-electron chi connectivity index (χ3n) is 2.73. The van der Waals surface area contributed by atoms with Crippen LogP contribution in [0.4, 0.5) is 5.69 Å². The number of amides is 1. The highest BCUT2D eigenvalue weighted by Crippen LogP contribution is 2.26. The van der Waals surface area contributed by atoms with Gasteiger partial charge in [0.25, 0.3) is 0 Å². The quantitative estimate of drug-likeness (QED) is 0.889. The highest BCUT2D eigenvalue weighted by atomic mass is 79.9. The molecule has 0 fully saturated rings. The summed E-state index contributed by atoms with van der Waals surface area (Å²) in [5.41, 5.74) is 1.58. The van der Waals surface area contributed by atoms with Gasteiger partial charge in [-0.05, 0) is 51.8 Å². The van der Waals surface area contributed by atoms with E-state index in [1.165, 1.54) is 0 Å². The van der Waals surface area contributed by atoms with Gasteiger partial charge < -0.3 is 10.1 Å². The van der Waals surface area contributed by atoms with Crippen molar-refractivity contribution in [3.8, 4) is 5.75 Å². The monoisotopic (exact) mass is 353 g/mol. The van der Waals surface area contributed by atoms with E-state index in [4.69, 9.17) is 16.3 Å². The van der Waals surface area contributed by atoms with Gasteiger partial charge in [0.1, 0.15) is 5.75 Å². The van der Waals surface area contributed by atoms with Gasteiger partial charge in [-0.1, -0.05) is 23.7 Å². The van der Waals surface area contributed by atoms with Gasteiger partial charge >= 0.3 is 0 Å². The van der Waals surface area contributed by atoms with Crippen LogP contribution in [0.3, 0.4) is 0 Å². The molecule has 0 saturated carbocycles. The van der Waals surface area contributed by atoms with Crippen LogP contribution in [0.15, 0.2) is 46.9 Å². The molecule has 0 spiro atoms. The normalized spacial score (nSPS) is 10.2. The van der Waals surface area contributed by atoms with Gasteiger partial charge in [-0.2, -0.15) is 0 Å². The molecular formula is C15H13BrClNO2. The fraction of sp³-hybridized carbons (Fsp3) is 0.133. The fourth-order valence-electron chi connectivity index (χ4n) is 1.72. The molecule has 0 atom stereocenters. The highest BCUT2D eigenvalue weighted by molar-refractivity contribution is 9.10. The first kappa shape index (κ1) is 14.9. The summed E-state index contributed by atoms with van der Waals surface area (Å²) in [4.78, 5) is 12.0. The van der Waals surface area contributed by atoms with Crippen LogP contribution in [-0.4, -0.2) is 13.0 Å². The summed E-state index contributed by atoms with van der Waals surface area (Å²) >= 11 is 9.28. The summed E-state index contributed by atoms with van der Waals surface area (Å²) in [5.74, 6) is 0.671. The van der Waals surface area contributed by atoms with Crippen LogP contribution < -0.4 is 10.1 Å². The first-order valence-electron chi connectivity index (χ1n) is 5.96. The molecule has 0 aromatic heterocycles. The molecule has 3 nitrogen and oxygen atoms in total. The van der Waals surface area contributed by atoms with E-state index in [1.54, 1.807) is 25.3 Å². The Labute approximate surface area is 131 Å². The Morgan fingerprint density at radius 3 is 2.60 bits per heavy atom. The van der Waals surface area contributed by atoms with Gasteiger partial charge in [-0.15, -0.1) is 0 Å². The van der Waals surface area contributed by atoms with Crippen LogP contribution in [0.2, 0.25) is 5.02 Å². The molecular weight excluding hydrogens is 342 g/mol. The molecule has 2 aromatic carbocycles. The molecule has 2 aromatic rings. The summed E-state index contributed by atoms with van der Waals surface area (Å²) in [6.45, 7) is 0. The van der Waals surface area contributed by atoms with E-state index in [0.717, 1.165) is 15.8 Å². The highest BCUT2D eigenvalue weighted by Gasteiger charge is 2.07. The van der Waals surface area contributed by atoms with Crippen LogP contribution in [-0.2, 0) is 11.2 Å². The predicted octanol–water partition coefficient (Wildman–Crippen LogP) is 4.29. The van der Waals surface area contributed by atoms with Crippen LogP contribution in [0.25, 0.3) is 0 Å². The predicted molar refractivity (Wildman–Crippen MR) is 84.5 cm³/mol. The Kier molecular flexibility index (Phi) is 5.04. The molecule has 0 bridgehead atoms. The number of carbonyl (C=O) groups excluding carboxylic acids is 1. The van der Waals surface area contributed by atoms with Crippen molar-refractivity contribution in [2.75, 3.05) is 12.4 Å². The summed E-state index contributed by atoms with van der Waals surface area (Å²) in [5, 5.41) is 3.40. The van der Waals surface area contributed by atoms with Gasteiger partial charge in [-0.25, -0.2) is 0 Å². The second kappa shape index (κ2) is 6.77. The van der Waals surface area contributed by atoms with E-state index in [0.29, 0.717) is 17.1 Å². The second-order valence-corrected chi connectivity index (χ2v) is 5.49. The topological polar surface area (TPSA) is 38.3 Å². The molecule has 0 saturated heterocycles. The molecule has 0 aliphatic rings.